The summed E-state index contributed by atoms with van der Waals surface area (Å²) in [5.41, 5.74) is 13.8. The molecule has 0 amide bonds. The summed E-state index contributed by atoms with van der Waals surface area (Å²) < 4.78 is 14.7. The van der Waals surface area contributed by atoms with Gasteiger partial charge in [0.2, 0.25) is 0 Å². The van der Waals surface area contributed by atoms with Gasteiger partial charge >= 0.3 is 0 Å². The zero-order valence-electron chi connectivity index (χ0n) is 20.3. The molecule has 1 aromatic carbocycles. The number of fused-ring (bicyclic) bond motifs is 2. The highest BCUT2D eigenvalue weighted by Gasteiger charge is 2.17. The van der Waals surface area contributed by atoms with Crippen molar-refractivity contribution < 1.29 is 4.39 Å². The van der Waals surface area contributed by atoms with E-state index in [1.165, 1.54) is 18.5 Å². The lowest BCUT2D eigenvalue weighted by molar-refractivity contribution is 0.376. The van der Waals surface area contributed by atoms with Gasteiger partial charge in [-0.2, -0.15) is 5.10 Å². The van der Waals surface area contributed by atoms with Crippen LogP contribution in [0.25, 0.3) is 55.8 Å². The number of aromatic nitrogens is 7. The van der Waals surface area contributed by atoms with E-state index in [4.69, 9.17) is 10.7 Å². The molecule has 0 spiro atoms. The van der Waals surface area contributed by atoms with Gasteiger partial charge in [-0.25, -0.2) is 19.3 Å². The molecular weight excluding hydrogens is 469 g/mol. The minimum Gasteiger partial charge on any atom is -0.353 e. The summed E-state index contributed by atoms with van der Waals surface area (Å²) in [5.74, 6) is -0.351. The average molecular weight is 494 g/mol. The highest BCUT2D eigenvalue weighted by molar-refractivity contribution is 5.99. The predicted octanol–water partition coefficient (Wildman–Crippen LogP) is 4.33. The lowest BCUT2D eigenvalue weighted by atomic mass is 10.0. The Kier molecular flexibility index (Phi) is 5.67. The molecule has 184 valence electrons. The van der Waals surface area contributed by atoms with Gasteiger partial charge in [0.05, 0.1) is 22.6 Å². The molecule has 5 aromatic heterocycles. The maximum Gasteiger partial charge on any atom is 0.135 e. The van der Waals surface area contributed by atoms with Crippen molar-refractivity contribution in [2.75, 3.05) is 20.6 Å². The number of aromatic amines is 2. The topological polar surface area (TPSA) is 125 Å². The number of rotatable bonds is 6. The summed E-state index contributed by atoms with van der Waals surface area (Å²) in [7, 11) is 3.88. The molecule has 0 bridgehead atoms. The lowest BCUT2D eigenvalue weighted by Crippen LogP contribution is -2.26. The molecule has 4 N–H and O–H groups in total. The van der Waals surface area contributed by atoms with Crippen LogP contribution in [0.4, 0.5) is 4.39 Å². The number of nitrogens with zero attached hydrogens (tertiary/aromatic N) is 6. The third kappa shape index (κ3) is 4.32. The summed E-state index contributed by atoms with van der Waals surface area (Å²) in [6.07, 6.45) is 6.63. The van der Waals surface area contributed by atoms with Crippen LogP contribution in [0.15, 0.2) is 67.4 Å². The Labute approximate surface area is 211 Å². The van der Waals surface area contributed by atoms with Crippen LogP contribution in [0, 0.1) is 5.82 Å². The Morgan fingerprint density at radius 2 is 1.81 bits per heavy atom. The molecule has 0 aliphatic rings. The number of nitrogens with one attached hydrogen (secondary N) is 2. The fourth-order valence-corrected chi connectivity index (χ4v) is 4.55. The van der Waals surface area contributed by atoms with Crippen LogP contribution in [-0.4, -0.2) is 60.7 Å². The summed E-state index contributed by atoms with van der Waals surface area (Å²) >= 11 is 0. The predicted molar refractivity (Wildman–Crippen MR) is 141 cm³/mol. The molecule has 0 fully saturated rings. The van der Waals surface area contributed by atoms with Crippen molar-refractivity contribution in [2.45, 2.75) is 6.04 Å². The summed E-state index contributed by atoms with van der Waals surface area (Å²) in [5, 5.41) is 8.42. The minimum atomic E-state index is -0.351. The van der Waals surface area contributed by atoms with E-state index in [2.05, 4.69) is 30.1 Å². The zero-order valence-corrected chi connectivity index (χ0v) is 20.3. The molecule has 1 atom stereocenters. The van der Waals surface area contributed by atoms with E-state index in [1.54, 1.807) is 18.6 Å². The Balaban J connectivity index is 1.45. The molecule has 6 rings (SSSR count). The van der Waals surface area contributed by atoms with Crippen molar-refractivity contribution in [1.29, 1.82) is 0 Å². The maximum absolute atomic E-state index is 14.7. The second kappa shape index (κ2) is 9.16. The van der Waals surface area contributed by atoms with Crippen LogP contribution in [0.2, 0.25) is 0 Å². The van der Waals surface area contributed by atoms with Gasteiger partial charge in [-0.05, 0) is 62.1 Å². The van der Waals surface area contributed by atoms with E-state index in [0.29, 0.717) is 29.0 Å². The summed E-state index contributed by atoms with van der Waals surface area (Å²) in [6.45, 7) is 0.602. The Hall–Kier alpha value is -4.54. The second-order valence-corrected chi connectivity index (χ2v) is 9.24. The van der Waals surface area contributed by atoms with E-state index < -0.39 is 0 Å². The molecule has 9 nitrogen and oxygen atoms in total. The van der Waals surface area contributed by atoms with Gasteiger partial charge in [-0.3, -0.25) is 10.1 Å². The van der Waals surface area contributed by atoms with Crippen LogP contribution in [-0.2, 0) is 0 Å². The van der Waals surface area contributed by atoms with Crippen molar-refractivity contribution in [3.63, 3.8) is 0 Å². The standard InChI is InChI=1S/C27H24FN9/c1-37(2)13-20(29)15-7-16(9-18(28)8-15)25-19-10-24(33-22(19)5-6-32-25)27-26-23(35-36-27)4-3-21(34-26)17-11-30-14-31-12-17/h3-12,14,20,33H,13,29H2,1-2H3,(H,35,36). The van der Waals surface area contributed by atoms with Gasteiger partial charge in [0.25, 0.3) is 0 Å². The van der Waals surface area contributed by atoms with Gasteiger partial charge in [-0.1, -0.05) is 0 Å². The fourth-order valence-electron chi connectivity index (χ4n) is 4.55. The first-order chi connectivity index (χ1) is 18.0. The Morgan fingerprint density at radius 1 is 0.973 bits per heavy atom. The van der Waals surface area contributed by atoms with Gasteiger partial charge in [0.1, 0.15) is 23.4 Å². The van der Waals surface area contributed by atoms with Gasteiger partial charge in [-0.15, -0.1) is 0 Å². The quantitative estimate of drug-likeness (QED) is 0.315. The molecule has 5 heterocycles. The third-order valence-corrected chi connectivity index (χ3v) is 6.25. The number of nitrogens with two attached hydrogens (primary N) is 1. The van der Waals surface area contributed by atoms with Crippen LogP contribution in [0.1, 0.15) is 11.6 Å². The minimum absolute atomic E-state index is 0.323. The Morgan fingerprint density at radius 3 is 2.62 bits per heavy atom. The molecule has 10 heteroatoms. The van der Waals surface area contributed by atoms with Gasteiger partial charge < -0.3 is 15.6 Å². The smallest absolute Gasteiger partial charge is 0.135 e. The van der Waals surface area contributed by atoms with E-state index in [1.807, 2.05) is 49.3 Å². The molecule has 37 heavy (non-hydrogen) atoms. The van der Waals surface area contributed by atoms with Crippen LogP contribution < -0.4 is 5.73 Å². The summed E-state index contributed by atoms with van der Waals surface area (Å²) in [6, 6.07) is 12.2. The fraction of sp³-hybridized carbons (Fsp3) is 0.148. The normalized spacial score (nSPS) is 12.6. The average Bonchev–Trinajstić information content (AvgIpc) is 3.52. The van der Waals surface area contributed by atoms with Crippen molar-refractivity contribution in [3.05, 3.63) is 78.8 Å². The summed E-state index contributed by atoms with van der Waals surface area (Å²) in [4.78, 5) is 23.0. The molecule has 0 aliphatic carbocycles. The number of halogens is 1. The van der Waals surface area contributed by atoms with E-state index in [0.717, 1.165) is 38.9 Å². The highest BCUT2D eigenvalue weighted by Crippen LogP contribution is 2.34. The van der Waals surface area contributed by atoms with E-state index >= 15 is 0 Å². The number of H-pyrrole nitrogens is 2. The van der Waals surface area contributed by atoms with Crippen molar-refractivity contribution in [1.82, 2.24) is 40.0 Å². The number of benzene rings is 1. The molecule has 0 radical (unpaired) electrons. The lowest BCUT2D eigenvalue weighted by Gasteiger charge is -2.18. The van der Waals surface area contributed by atoms with Crippen LogP contribution in [0.5, 0.6) is 0 Å². The molecule has 0 aliphatic heterocycles. The maximum atomic E-state index is 14.7. The molecule has 1 unspecified atom stereocenters. The Bertz CT molecular complexity index is 1720. The first-order valence-electron chi connectivity index (χ1n) is 11.8. The third-order valence-electron chi connectivity index (χ3n) is 6.25. The number of pyridine rings is 2. The van der Waals surface area contributed by atoms with E-state index in [-0.39, 0.29) is 11.9 Å². The largest absolute Gasteiger partial charge is 0.353 e. The SMILES string of the molecule is CN(C)CC(N)c1cc(F)cc(-c2nccc3[nH]c(-c4n[nH]c5ccc(-c6cncnc6)nc45)cc23)c1. The van der Waals surface area contributed by atoms with Crippen molar-refractivity contribution in [3.8, 4) is 33.9 Å². The van der Waals surface area contributed by atoms with E-state index in [9.17, 15) is 4.39 Å². The number of hydrogen-bond acceptors (Lipinski definition) is 7. The molecule has 0 saturated carbocycles. The molecular formula is C27H24FN9. The second-order valence-electron chi connectivity index (χ2n) is 9.24. The first-order valence-corrected chi connectivity index (χ1v) is 11.8. The van der Waals surface area contributed by atoms with Crippen molar-refractivity contribution in [2.24, 2.45) is 5.73 Å². The zero-order chi connectivity index (χ0) is 25.5. The molecule has 6 aromatic rings. The number of hydrogen-bond donors (Lipinski definition) is 3. The molecule has 0 saturated heterocycles. The van der Waals surface area contributed by atoms with Gasteiger partial charge in [0.15, 0.2) is 0 Å². The van der Waals surface area contributed by atoms with Crippen molar-refractivity contribution >= 4 is 21.9 Å². The van der Waals surface area contributed by atoms with Gasteiger partial charge in [0, 0.05) is 53.2 Å². The van der Waals surface area contributed by atoms with Crippen LogP contribution >= 0.6 is 0 Å². The van der Waals surface area contributed by atoms with Crippen LogP contribution in [0.3, 0.4) is 0 Å². The first kappa shape index (κ1) is 22.9. The highest BCUT2D eigenvalue weighted by atomic mass is 19.1. The monoisotopic (exact) mass is 493 g/mol. The number of likely N-dealkylation sites (N-methyl/N-ethyl adjacent to an activating group) is 1.